The maximum atomic E-state index is 13.4. The van der Waals surface area contributed by atoms with Crippen LogP contribution in [0.2, 0.25) is 0 Å². The van der Waals surface area contributed by atoms with Crippen molar-refractivity contribution in [2.24, 2.45) is 0 Å². The third-order valence-electron chi connectivity index (χ3n) is 3.56. The van der Waals surface area contributed by atoms with Gasteiger partial charge in [-0.25, -0.2) is 4.39 Å². The van der Waals surface area contributed by atoms with Crippen molar-refractivity contribution < 1.29 is 23.6 Å². The Labute approximate surface area is 117 Å². The number of nitrogens with one attached hydrogen (secondary N) is 1. The summed E-state index contributed by atoms with van der Waals surface area (Å²) >= 11 is 0. The van der Waals surface area contributed by atoms with Gasteiger partial charge in [-0.3, -0.25) is 29.4 Å². The van der Waals surface area contributed by atoms with Gasteiger partial charge in [-0.1, -0.05) is 0 Å². The molecule has 1 aromatic carbocycles. The van der Waals surface area contributed by atoms with E-state index >= 15 is 0 Å². The third-order valence-corrected chi connectivity index (χ3v) is 3.56. The quantitative estimate of drug-likeness (QED) is 0.550. The number of fused-ring (bicyclic) bond motifs is 1. The topological polar surface area (TPSA) is 110 Å². The van der Waals surface area contributed by atoms with Crippen molar-refractivity contribution in [3.8, 4) is 0 Å². The lowest BCUT2D eigenvalue weighted by Gasteiger charge is -2.27. The molecule has 0 bridgehead atoms. The zero-order valence-electron chi connectivity index (χ0n) is 10.7. The molecule has 0 aromatic heterocycles. The molecule has 1 unspecified atom stereocenters. The second kappa shape index (κ2) is 4.37. The molecule has 0 saturated carbocycles. The Balaban J connectivity index is 2.00. The predicted molar refractivity (Wildman–Crippen MR) is 67.5 cm³/mol. The Hall–Kier alpha value is -2.77. The van der Waals surface area contributed by atoms with Crippen LogP contribution in [0.3, 0.4) is 0 Å². The van der Waals surface area contributed by atoms with Gasteiger partial charge in [-0.15, -0.1) is 0 Å². The fraction of sp³-hybridized carbons (Fsp3) is 0.231. The lowest BCUT2D eigenvalue weighted by molar-refractivity contribution is -0.136. The van der Waals surface area contributed by atoms with Gasteiger partial charge >= 0.3 is 0 Å². The van der Waals surface area contributed by atoms with Crippen LogP contribution >= 0.6 is 0 Å². The zero-order chi connectivity index (χ0) is 15.3. The number of nitrogen functional groups attached to an aromatic ring is 1. The molecule has 2 aliphatic heterocycles. The molecule has 2 heterocycles. The molecule has 0 radical (unpaired) electrons. The number of carbonyl (C=O) groups is 4. The van der Waals surface area contributed by atoms with E-state index in [-0.39, 0.29) is 29.7 Å². The number of nitrogens with two attached hydrogens (primary N) is 1. The molecule has 3 N–H and O–H groups in total. The lowest BCUT2D eigenvalue weighted by atomic mass is 10.0. The highest BCUT2D eigenvalue weighted by atomic mass is 19.1. The minimum atomic E-state index is -1.07. The highest BCUT2D eigenvalue weighted by Crippen LogP contribution is 2.30. The van der Waals surface area contributed by atoms with Gasteiger partial charge < -0.3 is 5.73 Å². The van der Waals surface area contributed by atoms with E-state index in [2.05, 4.69) is 5.32 Å². The number of imide groups is 2. The number of hydrogen-bond donors (Lipinski definition) is 2. The van der Waals surface area contributed by atoms with E-state index in [1.165, 1.54) is 0 Å². The SMILES string of the molecule is Nc1cc2c(cc1F)C(=O)N(C1CCC(=O)NC1=O)C2=O. The standard InChI is InChI=1S/C13H10FN3O4/c14-7-3-5-6(4-8(7)15)13(21)17(12(5)20)9-1-2-10(18)16-11(9)19/h3-4,9H,1-2,15H2,(H,16,18,19). The molecule has 21 heavy (non-hydrogen) atoms. The first-order valence-corrected chi connectivity index (χ1v) is 6.20. The monoisotopic (exact) mass is 291 g/mol. The predicted octanol–water partition coefficient (Wildman–Crippen LogP) is -0.191. The number of rotatable bonds is 1. The van der Waals surface area contributed by atoms with Crippen LogP contribution in [0.1, 0.15) is 33.6 Å². The van der Waals surface area contributed by atoms with Crippen molar-refractivity contribution in [1.29, 1.82) is 0 Å². The first-order chi connectivity index (χ1) is 9.90. The molecule has 3 rings (SSSR count). The number of amides is 4. The van der Waals surface area contributed by atoms with Gasteiger partial charge in [-0.2, -0.15) is 0 Å². The van der Waals surface area contributed by atoms with Crippen molar-refractivity contribution in [1.82, 2.24) is 10.2 Å². The second-order valence-electron chi connectivity index (χ2n) is 4.87. The highest BCUT2D eigenvalue weighted by molar-refractivity contribution is 6.23. The van der Waals surface area contributed by atoms with Crippen LogP contribution in [-0.4, -0.2) is 34.6 Å². The van der Waals surface area contributed by atoms with Gasteiger partial charge in [0.25, 0.3) is 11.8 Å². The summed E-state index contributed by atoms with van der Waals surface area (Å²) < 4.78 is 13.4. The van der Waals surface area contributed by atoms with E-state index in [9.17, 15) is 23.6 Å². The number of nitrogens with zero attached hydrogens (tertiary/aromatic N) is 1. The molecule has 1 saturated heterocycles. The number of anilines is 1. The van der Waals surface area contributed by atoms with Crippen LogP contribution in [0.25, 0.3) is 0 Å². The average Bonchev–Trinajstić information content (AvgIpc) is 2.64. The van der Waals surface area contributed by atoms with E-state index < -0.39 is 35.5 Å². The summed E-state index contributed by atoms with van der Waals surface area (Å²) in [6.07, 6.45) is 0.0778. The van der Waals surface area contributed by atoms with Crippen LogP contribution < -0.4 is 11.1 Å². The number of benzene rings is 1. The number of hydrogen-bond acceptors (Lipinski definition) is 5. The first-order valence-electron chi connectivity index (χ1n) is 6.20. The fourth-order valence-electron chi connectivity index (χ4n) is 2.51. The summed E-state index contributed by atoms with van der Waals surface area (Å²) in [6, 6.07) is 0.896. The van der Waals surface area contributed by atoms with Crippen LogP contribution in [0, 0.1) is 5.82 Å². The molecular formula is C13H10FN3O4. The molecule has 0 spiro atoms. The first kappa shape index (κ1) is 13.2. The van der Waals surface area contributed by atoms with E-state index in [4.69, 9.17) is 5.73 Å². The number of piperidine rings is 1. The lowest BCUT2D eigenvalue weighted by Crippen LogP contribution is -2.54. The molecule has 2 aliphatic rings. The van der Waals surface area contributed by atoms with E-state index in [0.29, 0.717) is 0 Å². The average molecular weight is 291 g/mol. The summed E-state index contributed by atoms with van der Waals surface area (Å²) in [6.45, 7) is 0. The Morgan fingerprint density at radius 2 is 1.76 bits per heavy atom. The number of carbonyl (C=O) groups excluding carboxylic acids is 4. The summed E-state index contributed by atoms with van der Waals surface area (Å²) in [5.74, 6) is -3.45. The van der Waals surface area contributed by atoms with E-state index in [1.807, 2.05) is 0 Å². The molecule has 8 heteroatoms. The van der Waals surface area contributed by atoms with Crippen LogP contribution in [0.4, 0.5) is 10.1 Å². The second-order valence-corrected chi connectivity index (χ2v) is 4.87. The van der Waals surface area contributed by atoms with Gasteiger partial charge in [0.05, 0.1) is 16.8 Å². The van der Waals surface area contributed by atoms with Crippen LogP contribution in [-0.2, 0) is 9.59 Å². The summed E-state index contributed by atoms with van der Waals surface area (Å²) in [7, 11) is 0. The fourth-order valence-corrected chi connectivity index (χ4v) is 2.51. The van der Waals surface area contributed by atoms with Crippen molar-refractivity contribution >= 4 is 29.3 Å². The Morgan fingerprint density at radius 3 is 2.38 bits per heavy atom. The number of halogens is 1. The molecule has 4 amide bonds. The van der Waals surface area contributed by atoms with Gasteiger partial charge in [0.2, 0.25) is 11.8 Å². The minimum Gasteiger partial charge on any atom is -0.396 e. The van der Waals surface area contributed by atoms with Crippen LogP contribution in [0.5, 0.6) is 0 Å². The van der Waals surface area contributed by atoms with Crippen LogP contribution in [0.15, 0.2) is 12.1 Å². The largest absolute Gasteiger partial charge is 0.396 e. The van der Waals surface area contributed by atoms with Crippen molar-refractivity contribution in [2.45, 2.75) is 18.9 Å². The molecule has 1 fully saturated rings. The molecule has 7 nitrogen and oxygen atoms in total. The van der Waals surface area contributed by atoms with Crippen molar-refractivity contribution in [3.63, 3.8) is 0 Å². The maximum Gasteiger partial charge on any atom is 0.262 e. The van der Waals surface area contributed by atoms with E-state index in [1.54, 1.807) is 0 Å². The molecule has 0 aliphatic carbocycles. The third kappa shape index (κ3) is 1.87. The normalized spacial score (nSPS) is 21.6. The van der Waals surface area contributed by atoms with Crippen molar-refractivity contribution in [3.05, 3.63) is 29.1 Å². The van der Waals surface area contributed by atoms with Crippen molar-refractivity contribution in [2.75, 3.05) is 5.73 Å². The van der Waals surface area contributed by atoms with E-state index in [0.717, 1.165) is 17.0 Å². The Morgan fingerprint density at radius 1 is 1.14 bits per heavy atom. The van der Waals surface area contributed by atoms with Gasteiger partial charge in [0.1, 0.15) is 11.9 Å². The van der Waals surface area contributed by atoms with Gasteiger partial charge in [0.15, 0.2) is 0 Å². The zero-order valence-corrected chi connectivity index (χ0v) is 10.7. The summed E-state index contributed by atoms with van der Waals surface area (Å²) in [5.41, 5.74) is 4.97. The minimum absolute atomic E-state index is 0.0281. The Bertz CT molecular complexity index is 675. The molecule has 1 atom stereocenters. The van der Waals surface area contributed by atoms with Gasteiger partial charge in [-0.05, 0) is 18.6 Å². The summed E-state index contributed by atoms with van der Waals surface area (Å²) in [4.78, 5) is 48.2. The van der Waals surface area contributed by atoms with Gasteiger partial charge in [0, 0.05) is 6.42 Å². The molecular weight excluding hydrogens is 281 g/mol. The molecule has 1 aromatic rings. The highest BCUT2D eigenvalue weighted by Gasteiger charge is 2.44. The molecule has 108 valence electrons. The Kier molecular flexibility index (Phi) is 2.75. The maximum absolute atomic E-state index is 13.4. The smallest absolute Gasteiger partial charge is 0.262 e. The summed E-state index contributed by atoms with van der Waals surface area (Å²) in [5, 5.41) is 2.07.